The summed E-state index contributed by atoms with van der Waals surface area (Å²) in [7, 11) is 0. The van der Waals surface area contributed by atoms with Crippen molar-refractivity contribution in [2.24, 2.45) is 0 Å². The Morgan fingerprint density at radius 3 is 1.91 bits per heavy atom. The van der Waals surface area contributed by atoms with Gasteiger partial charge in [-0.3, -0.25) is 4.98 Å². The van der Waals surface area contributed by atoms with Gasteiger partial charge in [-0.2, -0.15) is 10.5 Å². The van der Waals surface area contributed by atoms with Crippen LogP contribution in [0.2, 0.25) is 0 Å². The van der Waals surface area contributed by atoms with Crippen molar-refractivity contribution in [3.63, 3.8) is 0 Å². The summed E-state index contributed by atoms with van der Waals surface area (Å²) in [6.07, 6.45) is 9.58. The maximum Gasteiger partial charge on any atom is 0.101 e. The zero-order chi connectivity index (χ0) is 37.0. The average molecular weight is 691 g/mol. The highest BCUT2D eigenvalue weighted by Gasteiger charge is 2.22. The minimum absolute atomic E-state index is 0.407. The molecule has 8 rings (SSSR count). The van der Waals surface area contributed by atoms with Crippen LogP contribution >= 0.6 is 0 Å². The number of aromatic nitrogens is 2. The predicted molar refractivity (Wildman–Crippen MR) is 223 cm³/mol. The number of hydrogen-bond donors (Lipinski definition) is 0. The van der Waals surface area contributed by atoms with Gasteiger partial charge in [-0.15, -0.1) is 0 Å². The van der Waals surface area contributed by atoms with Crippen molar-refractivity contribution in [1.82, 2.24) is 9.55 Å². The number of nitrogens with zero attached hydrogens (tertiary/aromatic N) is 4. The first-order chi connectivity index (χ1) is 26.6. The Morgan fingerprint density at radius 2 is 1.22 bits per heavy atom. The molecule has 6 aromatic carbocycles. The molecule has 0 unspecified atom stereocenters. The fraction of sp³-hybridized carbons (Fsp3) is 0.0200. The van der Waals surface area contributed by atoms with Crippen molar-refractivity contribution in [3.8, 4) is 51.2 Å². The first kappa shape index (κ1) is 33.6. The monoisotopic (exact) mass is 690 g/mol. The largest absolute Gasteiger partial charge is 0.307 e. The van der Waals surface area contributed by atoms with Gasteiger partial charge in [-0.05, 0) is 99.0 Å². The summed E-state index contributed by atoms with van der Waals surface area (Å²) in [6, 6.07) is 54.3. The Balaban J connectivity index is 1.30. The fourth-order valence-electron chi connectivity index (χ4n) is 7.51. The zero-order valence-corrected chi connectivity index (χ0v) is 29.7. The van der Waals surface area contributed by atoms with E-state index in [1.165, 1.54) is 0 Å². The molecule has 2 heterocycles. The number of pyridine rings is 1. The van der Waals surface area contributed by atoms with E-state index >= 15 is 0 Å². The predicted octanol–water partition coefficient (Wildman–Crippen LogP) is 12.6. The molecule has 0 aliphatic carbocycles. The lowest BCUT2D eigenvalue weighted by molar-refractivity contribution is 1.15. The lowest BCUT2D eigenvalue weighted by Gasteiger charge is -2.16. The normalized spacial score (nSPS) is 11.7. The van der Waals surface area contributed by atoms with Crippen LogP contribution in [0.15, 0.2) is 183 Å². The van der Waals surface area contributed by atoms with Crippen LogP contribution in [0.4, 0.5) is 0 Å². The molecule has 0 fully saturated rings. The van der Waals surface area contributed by atoms with Crippen molar-refractivity contribution < 1.29 is 0 Å². The Hall–Kier alpha value is -7.53. The molecule has 2 aromatic heterocycles. The van der Waals surface area contributed by atoms with Crippen LogP contribution in [0.3, 0.4) is 0 Å². The Labute approximate surface area is 315 Å². The van der Waals surface area contributed by atoms with E-state index in [4.69, 9.17) is 0 Å². The highest BCUT2D eigenvalue weighted by atomic mass is 15.0. The van der Waals surface area contributed by atoms with E-state index in [-0.39, 0.29) is 0 Å². The minimum Gasteiger partial charge on any atom is -0.307 e. The average Bonchev–Trinajstić information content (AvgIpc) is 3.57. The third-order valence-corrected chi connectivity index (χ3v) is 9.92. The zero-order valence-electron chi connectivity index (χ0n) is 29.7. The SMILES string of the molecule is C=C/C=C(\C(=C/C)c1ccccc1)c1ccc2c(c1)c1cnccc1n2-c1c(C#N)cc(-c2ccccc2-c2cccc(-c3ccccc3)c2)cc1C#N. The second kappa shape index (κ2) is 14.6. The summed E-state index contributed by atoms with van der Waals surface area (Å²) in [5.74, 6) is 0. The molecule has 0 amide bonds. The van der Waals surface area contributed by atoms with Gasteiger partial charge in [-0.25, -0.2) is 0 Å². The summed E-state index contributed by atoms with van der Waals surface area (Å²) >= 11 is 0. The molecule has 0 radical (unpaired) electrons. The highest BCUT2D eigenvalue weighted by Crippen LogP contribution is 2.41. The molecule has 0 N–H and O–H groups in total. The summed E-state index contributed by atoms with van der Waals surface area (Å²) in [5.41, 5.74) is 13.4. The summed E-state index contributed by atoms with van der Waals surface area (Å²) in [6.45, 7) is 6.07. The molecule has 0 aliphatic rings. The molecule has 4 nitrogen and oxygen atoms in total. The highest BCUT2D eigenvalue weighted by molar-refractivity contribution is 6.13. The molecule has 254 valence electrons. The Kier molecular flexibility index (Phi) is 9.09. The lowest BCUT2D eigenvalue weighted by Crippen LogP contribution is -2.02. The summed E-state index contributed by atoms with van der Waals surface area (Å²) < 4.78 is 2.04. The van der Waals surface area contributed by atoms with Crippen molar-refractivity contribution >= 4 is 33.0 Å². The standard InChI is InChI=1S/C50H34N4/c1-3-14-43(42(4-2)35-17-9-6-10-18-35)38-23-24-48-46(30-38)47-33-53-26-25-49(47)54(48)50-40(31-51)28-39(29-41(50)32-52)45-22-12-11-21-44(45)37-20-13-19-36(27-37)34-15-7-5-8-16-34/h3-30,33H,1H2,2H3/b42-4-,43-14-. The number of benzene rings is 6. The molecule has 0 spiro atoms. The van der Waals surface area contributed by atoms with Gasteiger partial charge in [0, 0.05) is 23.2 Å². The van der Waals surface area contributed by atoms with Crippen molar-refractivity contribution in [2.45, 2.75) is 6.92 Å². The van der Waals surface area contributed by atoms with Crippen LogP contribution in [0.1, 0.15) is 29.2 Å². The van der Waals surface area contributed by atoms with Gasteiger partial charge in [0.15, 0.2) is 0 Å². The van der Waals surface area contributed by atoms with E-state index in [9.17, 15) is 10.5 Å². The maximum atomic E-state index is 10.8. The Morgan fingerprint density at radius 1 is 0.593 bits per heavy atom. The van der Waals surface area contributed by atoms with Crippen LogP contribution in [0, 0.1) is 22.7 Å². The molecule has 4 heteroatoms. The lowest BCUT2D eigenvalue weighted by atomic mass is 9.90. The van der Waals surface area contributed by atoms with E-state index in [0.29, 0.717) is 16.8 Å². The van der Waals surface area contributed by atoms with Gasteiger partial charge in [0.1, 0.15) is 12.1 Å². The Bertz CT molecular complexity index is 2820. The number of hydrogen-bond acceptors (Lipinski definition) is 3. The number of rotatable bonds is 8. The second-order valence-corrected chi connectivity index (χ2v) is 13.0. The van der Waals surface area contributed by atoms with Crippen molar-refractivity contribution in [3.05, 3.63) is 205 Å². The van der Waals surface area contributed by atoms with E-state index in [1.807, 2.05) is 96.6 Å². The molecule has 0 bridgehead atoms. The molecule has 0 saturated heterocycles. The molecular weight excluding hydrogens is 657 g/mol. The van der Waals surface area contributed by atoms with Crippen molar-refractivity contribution in [1.29, 1.82) is 10.5 Å². The second-order valence-electron chi connectivity index (χ2n) is 13.0. The summed E-state index contributed by atoms with van der Waals surface area (Å²) in [4.78, 5) is 4.50. The minimum atomic E-state index is 0.407. The van der Waals surface area contributed by atoms with Crippen LogP contribution in [0.25, 0.3) is 72.0 Å². The van der Waals surface area contributed by atoms with Crippen LogP contribution in [-0.4, -0.2) is 9.55 Å². The third kappa shape index (κ3) is 5.99. The van der Waals surface area contributed by atoms with Crippen LogP contribution < -0.4 is 0 Å². The van der Waals surface area contributed by atoms with Crippen LogP contribution in [-0.2, 0) is 0 Å². The van der Waals surface area contributed by atoms with Gasteiger partial charge < -0.3 is 4.57 Å². The van der Waals surface area contributed by atoms with E-state index < -0.39 is 0 Å². The van der Waals surface area contributed by atoms with Gasteiger partial charge in [-0.1, -0.05) is 134 Å². The topological polar surface area (TPSA) is 65.4 Å². The smallest absolute Gasteiger partial charge is 0.101 e. The molecule has 0 atom stereocenters. The van der Waals surface area contributed by atoms with Gasteiger partial charge in [0.05, 0.1) is 27.8 Å². The molecule has 0 saturated carbocycles. The first-order valence-electron chi connectivity index (χ1n) is 17.8. The molecule has 54 heavy (non-hydrogen) atoms. The fourth-order valence-corrected chi connectivity index (χ4v) is 7.51. The van der Waals surface area contributed by atoms with E-state index in [2.05, 4.69) is 109 Å². The van der Waals surface area contributed by atoms with Gasteiger partial charge in [0.2, 0.25) is 0 Å². The molecule has 0 aliphatic heterocycles. The van der Waals surface area contributed by atoms with E-state index in [0.717, 1.165) is 77.5 Å². The van der Waals surface area contributed by atoms with Crippen LogP contribution in [0.5, 0.6) is 0 Å². The number of fused-ring (bicyclic) bond motifs is 3. The number of nitriles is 2. The maximum absolute atomic E-state index is 10.8. The molecule has 8 aromatic rings. The molecular formula is C50H34N4. The first-order valence-corrected chi connectivity index (χ1v) is 17.8. The summed E-state index contributed by atoms with van der Waals surface area (Å²) in [5, 5.41) is 23.4. The van der Waals surface area contributed by atoms with Gasteiger partial charge >= 0.3 is 0 Å². The van der Waals surface area contributed by atoms with Gasteiger partial charge in [0.25, 0.3) is 0 Å². The number of allylic oxidation sites excluding steroid dienone is 5. The van der Waals surface area contributed by atoms with Crippen molar-refractivity contribution in [2.75, 3.05) is 0 Å². The quantitative estimate of drug-likeness (QED) is 0.149. The third-order valence-electron chi connectivity index (χ3n) is 9.92. The van der Waals surface area contributed by atoms with E-state index in [1.54, 1.807) is 6.20 Å².